The lowest BCUT2D eigenvalue weighted by Crippen LogP contribution is -2.30. The van der Waals surface area contributed by atoms with Crippen LogP contribution in [-0.4, -0.2) is 24.0 Å². The highest BCUT2D eigenvalue weighted by molar-refractivity contribution is 5.93. The van der Waals surface area contributed by atoms with Gasteiger partial charge in [0.05, 0.1) is 0 Å². The number of aromatic nitrogens is 1. The lowest BCUT2D eigenvalue weighted by Gasteiger charge is -2.15. The zero-order valence-corrected chi connectivity index (χ0v) is 12.5. The van der Waals surface area contributed by atoms with E-state index >= 15 is 0 Å². The summed E-state index contributed by atoms with van der Waals surface area (Å²) in [5.41, 5.74) is 1.46. The normalized spacial score (nSPS) is 21.7. The Morgan fingerprint density at radius 1 is 1.45 bits per heavy atom. The van der Waals surface area contributed by atoms with E-state index in [1.165, 1.54) is 19.3 Å². The van der Waals surface area contributed by atoms with Crippen molar-refractivity contribution in [3.05, 3.63) is 24.0 Å². The van der Waals surface area contributed by atoms with Gasteiger partial charge in [0.2, 0.25) is 0 Å². The van der Waals surface area contributed by atoms with Crippen LogP contribution in [0.2, 0.25) is 0 Å². The Labute approximate surface area is 121 Å². The fourth-order valence-electron chi connectivity index (χ4n) is 2.77. The van der Waals surface area contributed by atoms with Crippen LogP contribution in [0.15, 0.2) is 18.3 Å². The highest BCUT2D eigenvalue weighted by Gasteiger charge is 2.23. The largest absolute Gasteiger partial charge is 0.385 e. The maximum atomic E-state index is 12.1. The maximum Gasteiger partial charge on any atom is 0.269 e. The molecule has 2 N–H and O–H groups in total. The predicted molar refractivity (Wildman–Crippen MR) is 81.9 cm³/mol. The van der Waals surface area contributed by atoms with Crippen LogP contribution in [0.4, 0.5) is 5.69 Å². The number of hydrogen-bond acceptors (Lipinski definition) is 3. The second-order valence-electron chi connectivity index (χ2n) is 5.73. The number of carbonyl (C=O) groups is 1. The molecule has 1 aliphatic carbocycles. The van der Waals surface area contributed by atoms with Gasteiger partial charge in [-0.25, -0.2) is 0 Å². The molecule has 1 amide bonds. The number of hydrogen-bond donors (Lipinski definition) is 2. The van der Waals surface area contributed by atoms with Crippen LogP contribution in [0.25, 0.3) is 0 Å². The molecule has 0 bridgehead atoms. The van der Waals surface area contributed by atoms with Gasteiger partial charge in [0.1, 0.15) is 5.69 Å². The minimum absolute atomic E-state index is 0.0655. The predicted octanol–water partition coefficient (Wildman–Crippen LogP) is 3.07. The van der Waals surface area contributed by atoms with Gasteiger partial charge < -0.3 is 10.6 Å². The summed E-state index contributed by atoms with van der Waals surface area (Å²) in [6.07, 6.45) is 6.55. The van der Waals surface area contributed by atoms with Crippen molar-refractivity contribution in [2.45, 2.75) is 39.5 Å². The number of nitrogens with zero attached hydrogens (tertiary/aromatic N) is 1. The standard InChI is InChI=1S/C16H25N3O/c1-3-8-17-14-7-9-18-15(10-14)16(20)19-11-13-6-4-5-12(13)2/h7,9-10,12-13H,3-6,8,11H2,1-2H3,(H,17,18)(H,19,20). The van der Waals surface area contributed by atoms with E-state index in [9.17, 15) is 4.79 Å². The smallest absolute Gasteiger partial charge is 0.269 e. The second-order valence-corrected chi connectivity index (χ2v) is 5.73. The van der Waals surface area contributed by atoms with E-state index in [4.69, 9.17) is 0 Å². The highest BCUT2D eigenvalue weighted by atomic mass is 16.1. The van der Waals surface area contributed by atoms with Gasteiger partial charge in [-0.15, -0.1) is 0 Å². The molecule has 20 heavy (non-hydrogen) atoms. The Morgan fingerprint density at radius 3 is 3.00 bits per heavy atom. The van der Waals surface area contributed by atoms with E-state index in [2.05, 4.69) is 29.5 Å². The van der Waals surface area contributed by atoms with Crippen LogP contribution in [0, 0.1) is 11.8 Å². The third kappa shape index (κ3) is 3.95. The van der Waals surface area contributed by atoms with Crippen LogP contribution in [0.1, 0.15) is 50.0 Å². The molecule has 0 saturated heterocycles. The Hall–Kier alpha value is -1.58. The molecule has 2 atom stereocenters. The van der Waals surface area contributed by atoms with Crippen LogP contribution in [0.3, 0.4) is 0 Å². The van der Waals surface area contributed by atoms with Gasteiger partial charge in [-0.05, 0) is 36.8 Å². The minimum atomic E-state index is -0.0655. The molecule has 4 heteroatoms. The summed E-state index contributed by atoms with van der Waals surface area (Å²) >= 11 is 0. The summed E-state index contributed by atoms with van der Waals surface area (Å²) in [5, 5.41) is 6.30. The molecule has 2 unspecified atom stereocenters. The van der Waals surface area contributed by atoms with Gasteiger partial charge >= 0.3 is 0 Å². The molecule has 0 aliphatic heterocycles. The molecule has 0 aromatic carbocycles. The maximum absolute atomic E-state index is 12.1. The Morgan fingerprint density at radius 2 is 2.30 bits per heavy atom. The van der Waals surface area contributed by atoms with E-state index in [0.717, 1.165) is 31.1 Å². The van der Waals surface area contributed by atoms with E-state index < -0.39 is 0 Å². The number of anilines is 1. The van der Waals surface area contributed by atoms with Gasteiger partial charge in [-0.3, -0.25) is 9.78 Å². The highest BCUT2D eigenvalue weighted by Crippen LogP contribution is 2.30. The molecule has 1 aromatic rings. The van der Waals surface area contributed by atoms with E-state index in [0.29, 0.717) is 11.6 Å². The number of pyridine rings is 1. The zero-order chi connectivity index (χ0) is 14.4. The fraction of sp³-hybridized carbons (Fsp3) is 0.625. The summed E-state index contributed by atoms with van der Waals surface area (Å²) in [4.78, 5) is 16.3. The third-order valence-electron chi connectivity index (χ3n) is 4.14. The molecule has 110 valence electrons. The topological polar surface area (TPSA) is 54.0 Å². The Balaban J connectivity index is 1.88. The van der Waals surface area contributed by atoms with E-state index in [-0.39, 0.29) is 5.91 Å². The van der Waals surface area contributed by atoms with Crippen molar-refractivity contribution >= 4 is 11.6 Å². The minimum Gasteiger partial charge on any atom is -0.385 e. The van der Waals surface area contributed by atoms with Crippen LogP contribution >= 0.6 is 0 Å². The quantitative estimate of drug-likeness (QED) is 0.839. The molecular formula is C16H25N3O. The van der Waals surface area contributed by atoms with Crippen LogP contribution in [0.5, 0.6) is 0 Å². The molecule has 0 radical (unpaired) electrons. The first-order chi connectivity index (χ1) is 9.70. The fourth-order valence-corrected chi connectivity index (χ4v) is 2.77. The lowest BCUT2D eigenvalue weighted by atomic mass is 9.98. The molecule has 1 aliphatic rings. The van der Waals surface area contributed by atoms with Crippen molar-refractivity contribution < 1.29 is 4.79 Å². The van der Waals surface area contributed by atoms with Gasteiger partial charge in [-0.1, -0.05) is 26.7 Å². The lowest BCUT2D eigenvalue weighted by molar-refractivity contribution is 0.0939. The third-order valence-corrected chi connectivity index (χ3v) is 4.14. The first-order valence-electron chi connectivity index (χ1n) is 7.68. The van der Waals surface area contributed by atoms with Crippen molar-refractivity contribution in [3.63, 3.8) is 0 Å². The number of rotatable bonds is 6. The second kappa shape index (κ2) is 7.27. The van der Waals surface area contributed by atoms with Gasteiger partial charge in [0, 0.05) is 25.0 Å². The van der Waals surface area contributed by atoms with Crippen molar-refractivity contribution in [2.75, 3.05) is 18.4 Å². The summed E-state index contributed by atoms with van der Waals surface area (Å²) < 4.78 is 0. The molecule has 1 aromatic heterocycles. The molecule has 1 fully saturated rings. The van der Waals surface area contributed by atoms with Gasteiger partial charge in [0.25, 0.3) is 5.91 Å². The molecule has 4 nitrogen and oxygen atoms in total. The van der Waals surface area contributed by atoms with Crippen molar-refractivity contribution in [3.8, 4) is 0 Å². The molecular weight excluding hydrogens is 250 g/mol. The van der Waals surface area contributed by atoms with Crippen molar-refractivity contribution in [2.24, 2.45) is 11.8 Å². The SMILES string of the molecule is CCCNc1ccnc(C(=O)NCC2CCCC2C)c1. The molecule has 1 heterocycles. The Bertz CT molecular complexity index is 447. The van der Waals surface area contributed by atoms with Crippen molar-refractivity contribution in [1.29, 1.82) is 0 Å². The summed E-state index contributed by atoms with van der Waals surface area (Å²) in [5.74, 6) is 1.28. The number of amides is 1. The first-order valence-corrected chi connectivity index (χ1v) is 7.68. The molecule has 1 saturated carbocycles. The van der Waals surface area contributed by atoms with Gasteiger partial charge in [0.15, 0.2) is 0 Å². The molecule has 0 spiro atoms. The van der Waals surface area contributed by atoms with Gasteiger partial charge in [-0.2, -0.15) is 0 Å². The average molecular weight is 275 g/mol. The number of nitrogens with one attached hydrogen (secondary N) is 2. The summed E-state index contributed by atoms with van der Waals surface area (Å²) in [7, 11) is 0. The number of carbonyl (C=O) groups excluding carboxylic acids is 1. The van der Waals surface area contributed by atoms with Crippen molar-refractivity contribution in [1.82, 2.24) is 10.3 Å². The summed E-state index contributed by atoms with van der Waals surface area (Å²) in [6, 6.07) is 3.72. The summed E-state index contributed by atoms with van der Waals surface area (Å²) in [6.45, 7) is 6.07. The first kappa shape index (κ1) is 14.8. The van der Waals surface area contributed by atoms with E-state index in [1.807, 2.05) is 12.1 Å². The molecule has 2 rings (SSSR count). The Kier molecular flexibility index (Phi) is 5.39. The van der Waals surface area contributed by atoms with Crippen LogP contribution in [-0.2, 0) is 0 Å². The van der Waals surface area contributed by atoms with E-state index in [1.54, 1.807) is 6.20 Å². The van der Waals surface area contributed by atoms with Crippen LogP contribution < -0.4 is 10.6 Å². The monoisotopic (exact) mass is 275 g/mol. The zero-order valence-electron chi connectivity index (χ0n) is 12.5. The average Bonchev–Trinajstić information content (AvgIpc) is 2.88.